The third-order valence-electron chi connectivity index (χ3n) is 2.20. The molecule has 0 unspecified atom stereocenters. The highest BCUT2D eigenvalue weighted by molar-refractivity contribution is 5.77. The van der Waals surface area contributed by atoms with Crippen molar-refractivity contribution in [3.05, 3.63) is 29.6 Å². The summed E-state index contributed by atoms with van der Waals surface area (Å²) in [7, 11) is 0. The quantitative estimate of drug-likeness (QED) is 0.760. The van der Waals surface area contributed by atoms with Crippen molar-refractivity contribution in [3.8, 4) is 11.8 Å². The monoisotopic (exact) mass is 251 g/mol. The summed E-state index contributed by atoms with van der Waals surface area (Å²) < 4.78 is 18.6. The predicted octanol–water partition coefficient (Wildman–Crippen LogP) is 0.864. The first-order valence-electron chi connectivity index (χ1n) is 5.36. The third kappa shape index (κ3) is 4.03. The fourth-order valence-electron chi connectivity index (χ4n) is 1.30. The number of benzene rings is 1. The molecule has 3 N–H and O–H groups in total. The lowest BCUT2D eigenvalue weighted by Gasteiger charge is -2.10. The lowest BCUT2D eigenvalue weighted by atomic mass is 10.1. The van der Waals surface area contributed by atoms with Crippen LogP contribution in [0.1, 0.15) is 18.5 Å². The highest BCUT2D eigenvalue weighted by atomic mass is 19.1. The largest absolute Gasteiger partial charge is 0.484 e. The van der Waals surface area contributed by atoms with Crippen LogP contribution in [0.2, 0.25) is 0 Å². The lowest BCUT2D eigenvalue weighted by Crippen LogP contribution is -2.29. The number of amides is 1. The van der Waals surface area contributed by atoms with E-state index in [9.17, 15) is 9.18 Å². The van der Waals surface area contributed by atoms with Gasteiger partial charge >= 0.3 is 0 Å². The van der Waals surface area contributed by atoms with Crippen LogP contribution in [0.15, 0.2) is 18.2 Å². The smallest absolute Gasteiger partial charge is 0.258 e. The number of halogens is 1. The Morgan fingerprint density at radius 1 is 1.67 bits per heavy atom. The van der Waals surface area contributed by atoms with Crippen LogP contribution in [0.4, 0.5) is 4.39 Å². The minimum absolute atomic E-state index is 0.0832. The number of carbonyl (C=O) groups is 1. The Hall–Kier alpha value is -2.13. The van der Waals surface area contributed by atoms with Crippen molar-refractivity contribution in [2.75, 3.05) is 13.2 Å². The molecule has 0 aliphatic carbocycles. The molecule has 0 bridgehead atoms. The number of ether oxygens (including phenoxy) is 1. The van der Waals surface area contributed by atoms with Gasteiger partial charge in [-0.25, -0.2) is 4.39 Å². The van der Waals surface area contributed by atoms with Crippen LogP contribution in [0.3, 0.4) is 0 Å². The molecule has 0 fully saturated rings. The summed E-state index contributed by atoms with van der Waals surface area (Å²) in [6, 6.07) is 5.59. The molecule has 6 heteroatoms. The molecule has 0 saturated carbocycles. The van der Waals surface area contributed by atoms with Crippen molar-refractivity contribution in [2.24, 2.45) is 5.73 Å². The second kappa shape index (κ2) is 6.57. The molecule has 0 spiro atoms. The van der Waals surface area contributed by atoms with E-state index in [1.165, 1.54) is 12.1 Å². The minimum atomic E-state index is -0.472. The van der Waals surface area contributed by atoms with E-state index in [1.807, 2.05) is 0 Å². The molecule has 18 heavy (non-hydrogen) atoms. The van der Waals surface area contributed by atoms with Gasteiger partial charge in [0.05, 0.1) is 6.07 Å². The Labute approximate surface area is 104 Å². The van der Waals surface area contributed by atoms with Crippen LogP contribution in [0, 0.1) is 17.1 Å². The van der Waals surface area contributed by atoms with Gasteiger partial charge in [-0.1, -0.05) is 6.07 Å². The average molecular weight is 251 g/mol. The molecular weight excluding hydrogens is 237 g/mol. The molecule has 1 amide bonds. The highest BCUT2D eigenvalue weighted by Gasteiger charge is 2.09. The molecule has 0 aliphatic rings. The molecule has 1 atom stereocenters. The maximum absolute atomic E-state index is 13.5. The summed E-state index contributed by atoms with van der Waals surface area (Å²) in [6.07, 6.45) is 0. The van der Waals surface area contributed by atoms with Gasteiger partial charge in [-0.2, -0.15) is 5.26 Å². The molecule has 96 valence electrons. The number of nitriles is 1. The van der Waals surface area contributed by atoms with Crippen molar-refractivity contribution in [1.82, 2.24) is 5.32 Å². The Balaban J connectivity index is 2.56. The van der Waals surface area contributed by atoms with Gasteiger partial charge in [0, 0.05) is 17.7 Å². The second-order valence-electron chi connectivity index (χ2n) is 3.70. The Morgan fingerprint density at radius 3 is 2.94 bits per heavy atom. The van der Waals surface area contributed by atoms with Crippen LogP contribution in [-0.2, 0) is 4.79 Å². The second-order valence-corrected chi connectivity index (χ2v) is 3.70. The molecule has 1 aromatic carbocycles. The number of rotatable bonds is 5. The lowest BCUT2D eigenvalue weighted by molar-refractivity contribution is -0.122. The highest BCUT2D eigenvalue weighted by Crippen LogP contribution is 2.20. The summed E-state index contributed by atoms with van der Waals surface area (Å²) in [5.41, 5.74) is 5.95. The van der Waals surface area contributed by atoms with Gasteiger partial charge in [0.1, 0.15) is 18.1 Å². The van der Waals surface area contributed by atoms with E-state index in [2.05, 4.69) is 5.32 Å². The molecule has 5 nitrogen and oxygen atoms in total. The first-order valence-corrected chi connectivity index (χ1v) is 5.36. The van der Waals surface area contributed by atoms with Crippen LogP contribution in [0.25, 0.3) is 0 Å². The van der Waals surface area contributed by atoms with Gasteiger partial charge in [-0.3, -0.25) is 4.79 Å². The summed E-state index contributed by atoms with van der Waals surface area (Å²) in [5, 5.41) is 10.6. The maximum atomic E-state index is 13.5. The van der Waals surface area contributed by atoms with Gasteiger partial charge in [0.2, 0.25) is 0 Å². The van der Waals surface area contributed by atoms with Gasteiger partial charge in [0.25, 0.3) is 5.91 Å². The van der Waals surface area contributed by atoms with E-state index >= 15 is 0 Å². The molecule has 0 heterocycles. The Bertz CT molecular complexity index is 469. The number of nitrogens with one attached hydrogen (secondary N) is 1. The van der Waals surface area contributed by atoms with Crippen LogP contribution < -0.4 is 15.8 Å². The van der Waals surface area contributed by atoms with Gasteiger partial charge < -0.3 is 15.8 Å². The number of nitrogens with two attached hydrogens (primary N) is 1. The van der Waals surface area contributed by atoms with Crippen LogP contribution in [-0.4, -0.2) is 19.1 Å². The number of nitrogens with zero attached hydrogens (tertiary/aromatic N) is 1. The van der Waals surface area contributed by atoms with E-state index in [4.69, 9.17) is 15.7 Å². The van der Waals surface area contributed by atoms with E-state index in [1.54, 1.807) is 19.1 Å². The van der Waals surface area contributed by atoms with Crippen LogP contribution >= 0.6 is 0 Å². The average Bonchev–Trinajstić information content (AvgIpc) is 2.33. The van der Waals surface area contributed by atoms with Gasteiger partial charge in [-0.15, -0.1) is 0 Å². The normalized spacial score (nSPS) is 11.4. The van der Waals surface area contributed by atoms with Crippen molar-refractivity contribution in [3.63, 3.8) is 0 Å². The van der Waals surface area contributed by atoms with E-state index in [0.717, 1.165) is 0 Å². The maximum Gasteiger partial charge on any atom is 0.258 e. The summed E-state index contributed by atoms with van der Waals surface area (Å²) in [4.78, 5) is 11.1. The standard InChI is InChI=1S/C12H14FN3O2/c1-8(15)10-3-2-9(6-11(10)13)18-7-12(17)16-5-4-14/h2-3,6,8H,5,7,15H2,1H3,(H,16,17)/t8-/m1/s1. The zero-order valence-electron chi connectivity index (χ0n) is 9.94. The summed E-state index contributed by atoms with van der Waals surface area (Å²) in [5.74, 6) is -0.669. The molecule has 0 saturated heterocycles. The Kier molecular flexibility index (Phi) is 5.08. The molecule has 1 rings (SSSR count). The van der Waals surface area contributed by atoms with Crippen molar-refractivity contribution in [1.29, 1.82) is 5.26 Å². The molecule has 1 aromatic rings. The van der Waals surface area contributed by atoms with Crippen molar-refractivity contribution >= 4 is 5.91 Å². The SMILES string of the molecule is C[C@@H](N)c1ccc(OCC(=O)NCC#N)cc1F. The molecule has 0 aromatic heterocycles. The Morgan fingerprint density at radius 2 is 2.39 bits per heavy atom. The van der Waals surface area contributed by atoms with Gasteiger partial charge in [-0.05, 0) is 13.0 Å². The van der Waals surface area contributed by atoms with E-state index in [-0.39, 0.29) is 18.9 Å². The fraction of sp³-hybridized carbons (Fsp3) is 0.333. The van der Waals surface area contributed by atoms with E-state index in [0.29, 0.717) is 5.56 Å². The number of hydrogen-bond donors (Lipinski definition) is 2. The summed E-state index contributed by atoms with van der Waals surface area (Å²) in [6.45, 7) is 1.33. The van der Waals surface area contributed by atoms with Crippen molar-refractivity contribution < 1.29 is 13.9 Å². The predicted molar refractivity (Wildman–Crippen MR) is 63.1 cm³/mol. The zero-order chi connectivity index (χ0) is 13.5. The first kappa shape index (κ1) is 13.9. The van der Waals surface area contributed by atoms with Crippen LogP contribution in [0.5, 0.6) is 5.75 Å². The third-order valence-corrected chi connectivity index (χ3v) is 2.20. The fourth-order valence-corrected chi connectivity index (χ4v) is 1.30. The van der Waals surface area contributed by atoms with Gasteiger partial charge in [0.15, 0.2) is 6.61 Å². The number of hydrogen-bond acceptors (Lipinski definition) is 4. The molecule has 0 aliphatic heterocycles. The van der Waals surface area contributed by atoms with E-state index < -0.39 is 17.8 Å². The van der Waals surface area contributed by atoms with Crippen molar-refractivity contribution in [2.45, 2.75) is 13.0 Å². The minimum Gasteiger partial charge on any atom is -0.484 e. The first-order chi connectivity index (χ1) is 8.54. The topological polar surface area (TPSA) is 88.1 Å². The molecular formula is C12H14FN3O2. The number of carbonyl (C=O) groups excluding carboxylic acids is 1. The summed E-state index contributed by atoms with van der Waals surface area (Å²) >= 11 is 0. The molecule has 0 radical (unpaired) electrons. The zero-order valence-corrected chi connectivity index (χ0v) is 9.94.